The molecular formula is C19H33NO. The van der Waals surface area contributed by atoms with Gasteiger partial charge in [-0.2, -0.15) is 0 Å². The number of benzene rings is 1. The molecular weight excluding hydrogens is 258 g/mol. The summed E-state index contributed by atoms with van der Waals surface area (Å²) in [6.45, 7) is 4.56. The van der Waals surface area contributed by atoms with Crippen molar-refractivity contribution in [1.29, 1.82) is 0 Å². The number of rotatable bonds is 10. The summed E-state index contributed by atoms with van der Waals surface area (Å²) < 4.78 is 0. The summed E-state index contributed by atoms with van der Waals surface area (Å²) in [4.78, 5) is 8.58. The molecule has 0 aliphatic heterocycles. The minimum Gasteiger partial charge on any atom is -0.372 e. The first kappa shape index (κ1) is 19.7. The predicted molar refractivity (Wildman–Crippen MR) is 92.4 cm³/mol. The summed E-state index contributed by atoms with van der Waals surface area (Å²) in [6.07, 6.45) is 13.8. The molecule has 120 valence electrons. The van der Waals surface area contributed by atoms with E-state index in [-0.39, 0.29) is 6.41 Å². The van der Waals surface area contributed by atoms with Gasteiger partial charge in [0.2, 0.25) is 6.41 Å². The lowest BCUT2D eigenvalue weighted by molar-refractivity contribution is -0.106. The highest BCUT2D eigenvalue weighted by Crippen LogP contribution is 2.16. The number of nitrogens with two attached hydrogens (primary N) is 1. The largest absolute Gasteiger partial charge is 0.372 e. The number of hydrogen-bond acceptors (Lipinski definition) is 1. The van der Waals surface area contributed by atoms with Gasteiger partial charge in [-0.1, -0.05) is 76.6 Å². The van der Waals surface area contributed by atoms with Crippen molar-refractivity contribution in [1.82, 2.24) is 0 Å². The van der Waals surface area contributed by atoms with Crippen molar-refractivity contribution in [3.05, 3.63) is 35.4 Å². The molecule has 2 nitrogen and oxygen atoms in total. The van der Waals surface area contributed by atoms with E-state index in [1.165, 1.54) is 64.2 Å². The number of carbonyl (C=O) groups excluding carboxylic acids is 1. The van der Waals surface area contributed by atoms with Crippen molar-refractivity contribution >= 4 is 6.41 Å². The van der Waals surface area contributed by atoms with E-state index in [9.17, 15) is 0 Å². The van der Waals surface area contributed by atoms with E-state index < -0.39 is 0 Å². The summed E-state index contributed by atoms with van der Waals surface area (Å²) in [7, 11) is 0. The first-order valence-electron chi connectivity index (χ1n) is 8.52. The fourth-order valence-electron chi connectivity index (χ4n) is 2.53. The molecule has 0 saturated carbocycles. The van der Waals surface area contributed by atoms with Gasteiger partial charge in [-0.05, 0) is 36.8 Å². The second kappa shape index (κ2) is 15.1. The van der Waals surface area contributed by atoms with Crippen LogP contribution in [0.3, 0.4) is 0 Å². The number of carbonyl (C=O) groups is 1. The second-order valence-corrected chi connectivity index (χ2v) is 5.53. The molecule has 0 fully saturated rings. The first-order chi connectivity index (χ1) is 10.3. The topological polar surface area (TPSA) is 43.1 Å². The Kier molecular flexibility index (Phi) is 14.1. The lowest BCUT2D eigenvalue weighted by atomic mass is 9.97. The highest BCUT2D eigenvalue weighted by molar-refractivity contribution is 5.42. The average Bonchev–Trinajstić information content (AvgIpc) is 2.50. The molecule has 0 aliphatic carbocycles. The first-order valence-corrected chi connectivity index (χ1v) is 8.52. The van der Waals surface area contributed by atoms with E-state index in [0.29, 0.717) is 0 Å². The Hall–Kier alpha value is -1.31. The molecule has 21 heavy (non-hydrogen) atoms. The van der Waals surface area contributed by atoms with Crippen LogP contribution in [0, 0.1) is 0 Å². The van der Waals surface area contributed by atoms with Crippen LogP contribution in [0.2, 0.25) is 0 Å². The van der Waals surface area contributed by atoms with Crippen LogP contribution in [0.5, 0.6) is 0 Å². The SMILES string of the molecule is CCCCCCc1ccccc1CCCCCC.NC=O. The number of primary amides is 1. The van der Waals surface area contributed by atoms with E-state index in [1.54, 1.807) is 11.1 Å². The quantitative estimate of drug-likeness (QED) is 0.476. The molecule has 0 bridgehead atoms. The zero-order valence-corrected chi connectivity index (χ0v) is 13.9. The molecule has 0 spiro atoms. The van der Waals surface area contributed by atoms with Crippen LogP contribution in [0.1, 0.15) is 76.3 Å². The van der Waals surface area contributed by atoms with Gasteiger partial charge in [-0.15, -0.1) is 0 Å². The van der Waals surface area contributed by atoms with Crippen molar-refractivity contribution in [2.75, 3.05) is 0 Å². The molecule has 1 amide bonds. The molecule has 2 heteroatoms. The normalized spacial score (nSPS) is 9.81. The molecule has 1 aromatic carbocycles. The third kappa shape index (κ3) is 11.1. The van der Waals surface area contributed by atoms with Crippen LogP contribution in [0.4, 0.5) is 0 Å². The van der Waals surface area contributed by atoms with Crippen LogP contribution in [0.25, 0.3) is 0 Å². The Morgan fingerprint density at radius 3 is 1.52 bits per heavy atom. The maximum Gasteiger partial charge on any atom is 0.204 e. The maximum atomic E-state index is 8.58. The molecule has 1 rings (SSSR count). The smallest absolute Gasteiger partial charge is 0.204 e. The van der Waals surface area contributed by atoms with E-state index in [4.69, 9.17) is 4.79 Å². The summed E-state index contributed by atoms with van der Waals surface area (Å²) in [5.41, 5.74) is 7.37. The summed E-state index contributed by atoms with van der Waals surface area (Å²) >= 11 is 0. The lowest BCUT2D eigenvalue weighted by Crippen LogP contribution is -1.95. The molecule has 0 aliphatic rings. The monoisotopic (exact) mass is 291 g/mol. The van der Waals surface area contributed by atoms with Gasteiger partial charge in [0.15, 0.2) is 0 Å². The van der Waals surface area contributed by atoms with Crippen molar-refractivity contribution < 1.29 is 4.79 Å². The molecule has 0 unspecified atom stereocenters. The zero-order valence-electron chi connectivity index (χ0n) is 13.9. The average molecular weight is 291 g/mol. The summed E-state index contributed by atoms with van der Waals surface area (Å²) in [5, 5.41) is 0. The maximum absolute atomic E-state index is 8.58. The van der Waals surface area contributed by atoms with Gasteiger partial charge >= 0.3 is 0 Å². The molecule has 0 aromatic heterocycles. The second-order valence-electron chi connectivity index (χ2n) is 5.53. The third-order valence-electron chi connectivity index (χ3n) is 3.72. The van der Waals surface area contributed by atoms with Gasteiger partial charge in [-0.25, -0.2) is 0 Å². The minimum absolute atomic E-state index is 0.250. The van der Waals surface area contributed by atoms with Crippen molar-refractivity contribution in [3.8, 4) is 0 Å². The molecule has 1 aromatic rings. The Bertz CT molecular complexity index is 318. The lowest BCUT2D eigenvalue weighted by Gasteiger charge is -2.09. The van der Waals surface area contributed by atoms with Crippen LogP contribution in [0.15, 0.2) is 24.3 Å². The van der Waals surface area contributed by atoms with Gasteiger partial charge in [0.05, 0.1) is 0 Å². The number of amides is 1. The fourth-order valence-corrected chi connectivity index (χ4v) is 2.53. The van der Waals surface area contributed by atoms with Crippen molar-refractivity contribution in [2.45, 2.75) is 78.1 Å². The van der Waals surface area contributed by atoms with E-state index in [0.717, 1.165) is 0 Å². The summed E-state index contributed by atoms with van der Waals surface area (Å²) in [5.74, 6) is 0. The molecule has 0 radical (unpaired) electrons. The van der Waals surface area contributed by atoms with Gasteiger partial charge in [0.25, 0.3) is 0 Å². The molecule has 2 N–H and O–H groups in total. The Balaban J connectivity index is 0.00000122. The van der Waals surface area contributed by atoms with Gasteiger partial charge in [0.1, 0.15) is 0 Å². The van der Waals surface area contributed by atoms with Gasteiger partial charge in [-0.3, -0.25) is 4.79 Å². The van der Waals surface area contributed by atoms with E-state index in [2.05, 4.69) is 43.8 Å². The number of hydrogen-bond donors (Lipinski definition) is 1. The van der Waals surface area contributed by atoms with Gasteiger partial charge < -0.3 is 5.73 Å². The highest BCUT2D eigenvalue weighted by atomic mass is 16.1. The van der Waals surface area contributed by atoms with Crippen LogP contribution in [-0.2, 0) is 17.6 Å². The van der Waals surface area contributed by atoms with Crippen LogP contribution < -0.4 is 5.73 Å². The Morgan fingerprint density at radius 2 is 1.19 bits per heavy atom. The van der Waals surface area contributed by atoms with E-state index in [1.807, 2.05) is 0 Å². The third-order valence-corrected chi connectivity index (χ3v) is 3.72. The Labute approximate surface area is 131 Å². The van der Waals surface area contributed by atoms with Crippen LogP contribution >= 0.6 is 0 Å². The minimum atomic E-state index is 0.250. The van der Waals surface area contributed by atoms with Crippen molar-refractivity contribution in [2.24, 2.45) is 5.73 Å². The number of aryl methyl sites for hydroxylation is 2. The Morgan fingerprint density at radius 1 is 0.810 bits per heavy atom. The van der Waals surface area contributed by atoms with E-state index >= 15 is 0 Å². The highest BCUT2D eigenvalue weighted by Gasteiger charge is 2.01. The molecule has 0 heterocycles. The van der Waals surface area contributed by atoms with Crippen LogP contribution in [-0.4, -0.2) is 6.41 Å². The standard InChI is InChI=1S/C18H30.CH3NO/c1-3-5-7-9-13-17-15-11-12-16-18(17)14-10-8-6-4-2;2-1-3/h11-12,15-16H,3-10,13-14H2,1-2H3;1H,(H2,2,3). The fraction of sp³-hybridized carbons (Fsp3) is 0.632. The number of unbranched alkanes of at least 4 members (excludes halogenated alkanes) is 6. The predicted octanol–water partition coefficient (Wildman–Crippen LogP) is 5.03. The molecule has 0 atom stereocenters. The van der Waals surface area contributed by atoms with Crippen molar-refractivity contribution in [3.63, 3.8) is 0 Å². The molecule has 0 saturated heterocycles. The summed E-state index contributed by atoms with van der Waals surface area (Å²) in [6, 6.07) is 9.07. The van der Waals surface area contributed by atoms with Gasteiger partial charge in [0, 0.05) is 0 Å². The zero-order chi connectivity index (χ0) is 15.8.